The molecule has 0 saturated carbocycles. The predicted octanol–water partition coefficient (Wildman–Crippen LogP) is 1.86. The van der Waals surface area contributed by atoms with Crippen LogP contribution in [0.25, 0.3) is 0 Å². The Morgan fingerprint density at radius 1 is 1.50 bits per heavy atom. The largest absolute Gasteiger partial charge is 0.392 e. The molecule has 0 unspecified atom stereocenters. The van der Waals surface area contributed by atoms with Gasteiger partial charge in [-0.2, -0.15) is 5.10 Å². The first-order valence-corrected chi connectivity index (χ1v) is 7.45. The number of carbonyl (C=O) groups is 1. The standard InChI is InChI=1S/C14H24N4OS/c1-4-14(5-2,12(15)20)13(19)16-8-6-7-11-9-17-18-10(11)3/h9H,4-8H2,1-3H3,(H2,15,20)(H,16,19)(H,17,18). The van der Waals surface area contributed by atoms with Crippen LogP contribution in [0.2, 0.25) is 0 Å². The van der Waals surface area contributed by atoms with Gasteiger partial charge < -0.3 is 11.1 Å². The monoisotopic (exact) mass is 296 g/mol. The van der Waals surface area contributed by atoms with E-state index in [-0.39, 0.29) is 10.9 Å². The zero-order valence-corrected chi connectivity index (χ0v) is 13.3. The molecule has 0 aliphatic heterocycles. The highest BCUT2D eigenvalue weighted by atomic mass is 32.1. The van der Waals surface area contributed by atoms with Crippen LogP contribution in [0.3, 0.4) is 0 Å². The second-order valence-electron chi connectivity index (χ2n) is 5.03. The summed E-state index contributed by atoms with van der Waals surface area (Å²) in [6.45, 7) is 6.49. The molecule has 5 nitrogen and oxygen atoms in total. The maximum atomic E-state index is 12.3. The van der Waals surface area contributed by atoms with Crippen LogP contribution in [0.4, 0.5) is 0 Å². The number of aromatic amines is 1. The van der Waals surface area contributed by atoms with E-state index in [1.807, 2.05) is 27.0 Å². The van der Waals surface area contributed by atoms with Crippen LogP contribution >= 0.6 is 12.2 Å². The molecular formula is C14H24N4OS. The van der Waals surface area contributed by atoms with E-state index in [4.69, 9.17) is 18.0 Å². The van der Waals surface area contributed by atoms with Crippen LogP contribution in [0.15, 0.2) is 6.20 Å². The fourth-order valence-electron chi connectivity index (χ4n) is 2.31. The Morgan fingerprint density at radius 3 is 2.60 bits per heavy atom. The number of aromatic nitrogens is 2. The van der Waals surface area contributed by atoms with Crippen molar-refractivity contribution in [2.45, 2.75) is 46.5 Å². The number of thiocarbonyl (C=S) groups is 1. The third-order valence-corrected chi connectivity index (χ3v) is 4.35. The second-order valence-corrected chi connectivity index (χ2v) is 5.47. The summed E-state index contributed by atoms with van der Waals surface area (Å²) in [4.78, 5) is 12.6. The summed E-state index contributed by atoms with van der Waals surface area (Å²) in [5.74, 6) is -0.0566. The number of rotatable bonds is 8. The van der Waals surface area contributed by atoms with Gasteiger partial charge in [0.05, 0.1) is 16.6 Å². The second kappa shape index (κ2) is 7.38. The lowest BCUT2D eigenvalue weighted by molar-refractivity contribution is -0.127. The van der Waals surface area contributed by atoms with Gasteiger partial charge in [0, 0.05) is 12.2 Å². The average Bonchev–Trinajstić information content (AvgIpc) is 2.82. The number of aryl methyl sites for hydroxylation is 2. The Labute approximate surface area is 125 Å². The van der Waals surface area contributed by atoms with Crippen molar-refractivity contribution < 1.29 is 4.79 Å². The zero-order valence-electron chi connectivity index (χ0n) is 12.5. The van der Waals surface area contributed by atoms with Crippen molar-refractivity contribution in [3.8, 4) is 0 Å². The van der Waals surface area contributed by atoms with E-state index in [1.165, 1.54) is 5.56 Å². The molecule has 6 heteroatoms. The van der Waals surface area contributed by atoms with Crippen LogP contribution in [0.1, 0.15) is 44.4 Å². The van der Waals surface area contributed by atoms with Gasteiger partial charge >= 0.3 is 0 Å². The maximum Gasteiger partial charge on any atom is 0.233 e. The molecule has 0 aliphatic rings. The van der Waals surface area contributed by atoms with E-state index < -0.39 is 5.41 Å². The minimum atomic E-state index is -0.707. The third-order valence-electron chi connectivity index (χ3n) is 3.96. The van der Waals surface area contributed by atoms with Crippen LogP contribution in [0.5, 0.6) is 0 Å². The first-order chi connectivity index (χ1) is 9.47. The Bertz CT molecular complexity index is 465. The van der Waals surface area contributed by atoms with Gasteiger partial charge in [0.2, 0.25) is 5.91 Å². The summed E-state index contributed by atoms with van der Waals surface area (Å²) in [5.41, 5.74) is 7.31. The van der Waals surface area contributed by atoms with Gasteiger partial charge in [0.15, 0.2) is 0 Å². The van der Waals surface area contributed by atoms with Gasteiger partial charge in [0.25, 0.3) is 0 Å². The first-order valence-electron chi connectivity index (χ1n) is 7.05. The maximum absolute atomic E-state index is 12.3. The molecule has 0 aliphatic carbocycles. The van der Waals surface area contributed by atoms with Crippen molar-refractivity contribution in [2.75, 3.05) is 6.54 Å². The summed E-state index contributed by atoms with van der Waals surface area (Å²) in [6.07, 6.45) is 4.85. The molecule has 1 rings (SSSR count). The van der Waals surface area contributed by atoms with Gasteiger partial charge in [-0.1, -0.05) is 26.1 Å². The molecule has 0 atom stereocenters. The summed E-state index contributed by atoms with van der Waals surface area (Å²) in [6, 6.07) is 0. The zero-order chi connectivity index (χ0) is 15.2. The molecule has 0 spiro atoms. The number of amides is 1. The summed E-state index contributed by atoms with van der Waals surface area (Å²) >= 11 is 5.07. The van der Waals surface area contributed by atoms with Crippen LogP contribution in [-0.2, 0) is 11.2 Å². The molecule has 0 aromatic carbocycles. The topological polar surface area (TPSA) is 83.8 Å². The Morgan fingerprint density at radius 2 is 2.15 bits per heavy atom. The smallest absolute Gasteiger partial charge is 0.233 e. The Kier molecular flexibility index (Phi) is 6.13. The van der Waals surface area contributed by atoms with E-state index in [0.717, 1.165) is 18.5 Å². The third kappa shape index (κ3) is 3.56. The number of nitrogens with one attached hydrogen (secondary N) is 2. The SMILES string of the molecule is CCC(CC)(C(=O)NCCCc1cn[nH]c1C)C(N)=S. The van der Waals surface area contributed by atoms with Crippen molar-refractivity contribution in [1.29, 1.82) is 0 Å². The minimum absolute atomic E-state index is 0.0566. The molecule has 0 bridgehead atoms. The van der Waals surface area contributed by atoms with E-state index in [0.29, 0.717) is 19.4 Å². The number of nitrogens with two attached hydrogens (primary N) is 1. The van der Waals surface area contributed by atoms with Gasteiger partial charge in [0.1, 0.15) is 0 Å². The lowest BCUT2D eigenvalue weighted by Gasteiger charge is -2.28. The Hall–Kier alpha value is -1.43. The fourth-order valence-corrected chi connectivity index (χ4v) is 2.69. The first kappa shape index (κ1) is 16.6. The van der Waals surface area contributed by atoms with Crippen molar-refractivity contribution in [1.82, 2.24) is 15.5 Å². The lowest BCUT2D eigenvalue weighted by Crippen LogP contribution is -2.48. The molecular weight excluding hydrogens is 272 g/mol. The molecule has 20 heavy (non-hydrogen) atoms. The van der Waals surface area contributed by atoms with E-state index in [2.05, 4.69) is 15.5 Å². The number of nitrogens with zero attached hydrogens (tertiary/aromatic N) is 1. The molecule has 112 valence electrons. The molecule has 4 N–H and O–H groups in total. The normalized spacial score (nSPS) is 11.3. The highest BCUT2D eigenvalue weighted by Crippen LogP contribution is 2.27. The van der Waals surface area contributed by atoms with Crippen LogP contribution < -0.4 is 11.1 Å². The summed E-state index contributed by atoms with van der Waals surface area (Å²) in [5, 5.41) is 9.83. The Balaban J connectivity index is 2.46. The molecule has 1 aromatic heterocycles. The number of carbonyl (C=O) groups excluding carboxylic acids is 1. The van der Waals surface area contributed by atoms with E-state index in [1.54, 1.807) is 0 Å². The van der Waals surface area contributed by atoms with Crippen molar-refractivity contribution >= 4 is 23.1 Å². The molecule has 1 heterocycles. The van der Waals surface area contributed by atoms with E-state index >= 15 is 0 Å². The molecule has 0 radical (unpaired) electrons. The average molecular weight is 296 g/mol. The quantitative estimate of drug-likeness (QED) is 0.505. The summed E-state index contributed by atoms with van der Waals surface area (Å²) in [7, 11) is 0. The van der Waals surface area contributed by atoms with Crippen molar-refractivity contribution in [3.05, 3.63) is 17.5 Å². The minimum Gasteiger partial charge on any atom is -0.392 e. The highest BCUT2D eigenvalue weighted by molar-refractivity contribution is 7.80. The lowest BCUT2D eigenvalue weighted by atomic mass is 9.81. The summed E-state index contributed by atoms with van der Waals surface area (Å²) < 4.78 is 0. The van der Waals surface area contributed by atoms with Crippen LogP contribution in [-0.4, -0.2) is 27.6 Å². The van der Waals surface area contributed by atoms with Crippen LogP contribution in [0, 0.1) is 12.3 Å². The number of hydrogen-bond acceptors (Lipinski definition) is 3. The fraction of sp³-hybridized carbons (Fsp3) is 0.643. The van der Waals surface area contributed by atoms with E-state index in [9.17, 15) is 4.79 Å². The molecule has 0 fully saturated rings. The number of hydrogen-bond donors (Lipinski definition) is 3. The molecule has 1 aromatic rings. The van der Waals surface area contributed by atoms with Gasteiger partial charge in [-0.05, 0) is 38.2 Å². The molecule has 1 amide bonds. The van der Waals surface area contributed by atoms with Crippen molar-refractivity contribution in [3.63, 3.8) is 0 Å². The van der Waals surface area contributed by atoms with Gasteiger partial charge in [-0.15, -0.1) is 0 Å². The molecule has 0 saturated heterocycles. The highest BCUT2D eigenvalue weighted by Gasteiger charge is 2.37. The predicted molar refractivity (Wildman–Crippen MR) is 84.5 cm³/mol. The number of H-pyrrole nitrogens is 1. The van der Waals surface area contributed by atoms with Crippen molar-refractivity contribution in [2.24, 2.45) is 11.1 Å². The van der Waals surface area contributed by atoms with Gasteiger partial charge in [-0.3, -0.25) is 9.89 Å². The van der Waals surface area contributed by atoms with Gasteiger partial charge in [-0.25, -0.2) is 0 Å².